The van der Waals surface area contributed by atoms with Gasteiger partial charge in [0.25, 0.3) is 0 Å². The highest BCUT2D eigenvalue weighted by molar-refractivity contribution is 5.84. The van der Waals surface area contributed by atoms with Gasteiger partial charge >= 0.3 is 0 Å². The van der Waals surface area contributed by atoms with E-state index in [0.717, 1.165) is 16.8 Å². The first-order chi connectivity index (χ1) is 6.68. The van der Waals surface area contributed by atoms with Gasteiger partial charge in [-0.15, -0.1) is 0 Å². The predicted molar refractivity (Wildman–Crippen MR) is 54.6 cm³/mol. The molecule has 0 saturated heterocycles. The van der Waals surface area contributed by atoms with E-state index in [1.54, 1.807) is 0 Å². The monoisotopic (exact) mass is 188 g/mol. The fourth-order valence-corrected chi connectivity index (χ4v) is 1.86. The molecular formula is C11H12N2O. The largest absolute Gasteiger partial charge is 0.475 e. The van der Waals surface area contributed by atoms with Crippen LogP contribution in [-0.2, 0) is 5.54 Å². The van der Waals surface area contributed by atoms with Crippen molar-refractivity contribution in [1.29, 1.82) is 0 Å². The van der Waals surface area contributed by atoms with E-state index in [1.807, 2.05) is 22.9 Å². The standard InChI is InChI=1S/C11H12N2O/c1-11(2)7-14-10-8-5-3-4-6-9(8)12-13(10)11/h3-6H,7H2,1-2H3. The molecular weight excluding hydrogens is 176 g/mol. The highest BCUT2D eigenvalue weighted by Crippen LogP contribution is 2.36. The highest BCUT2D eigenvalue weighted by atomic mass is 16.5. The Kier molecular flexibility index (Phi) is 1.29. The molecule has 1 aliphatic heterocycles. The molecule has 0 saturated carbocycles. The fourth-order valence-electron chi connectivity index (χ4n) is 1.86. The van der Waals surface area contributed by atoms with Crippen LogP contribution in [0.25, 0.3) is 10.9 Å². The number of benzene rings is 1. The van der Waals surface area contributed by atoms with Gasteiger partial charge < -0.3 is 4.74 Å². The second kappa shape index (κ2) is 2.29. The summed E-state index contributed by atoms with van der Waals surface area (Å²) in [6.07, 6.45) is 0. The third-order valence-electron chi connectivity index (χ3n) is 2.67. The first-order valence-electron chi connectivity index (χ1n) is 4.79. The van der Waals surface area contributed by atoms with E-state index in [-0.39, 0.29) is 5.54 Å². The zero-order valence-corrected chi connectivity index (χ0v) is 8.32. The minimum absolute atomic E-state index is 0.0195. The molecule has 3 heteroatoms. The molecule has 0 unspecified atom stereocenters. The van der Waals surface area contributed by atoms with E-state index in [1.165, 1.54) is 0 Å². The van der Waals surface area contributed by atoms with Gasteiger partial charge in [0.2, 0.25) is 5.88 Å². The molecule has 0 N–H and O–H groups in total. The summed E-state index contributed by atoms with van der Waals surface area (Å²) in [5.41, 5.74) is 0.990. The van der Waals surface area contributed by atoms with Gasteiger partial charge in [0, 0.05) is 0 Å². The van der Waals surface area contributed by atoms with Crippen LogP contribution < -0.4 is 4.74 Å². The summed E-state index contributed by atoms with van der Waals surface area (Å²) >= 11 is 0. The van der Waals surface area contributed by atoms with Crippen LogP contribution in [0, 0.1) is 0 Å². The predicted octanol–water partition coefficient (Wildman–Crippen LogP) is 2.16. The molecule has 0 aliphatic carbocycles. The summed E-state index contributed by atoms with van der Waals surface area (Å²) in [7, 11) is 0. The maximum absolute atomic E-state index is 5.67. The average Bonchev–Trinajstić information content (AvgIpc) is 2.65. The van der Waals surface area contributed by atoms with Gasteiger partial charge in [0.1, 0.15) is 6.61 Å². The Bertz CT molecular complexity index is 499. The van der Waals surface area contributed by atoms with Crippen molar-refractivity contribution in [2.45, 2.75) is 19.4 Å². The van der Waals surface area contributed by atoms with E-state index in [2.05, 4.69) is 25.0 Å². The van der Waals surface area contributed by atoms with E-state index in [0.29, 0.717) is 6.61 Å². The summed E-state index contributed by atoms with van der Waals surface area (Å²) in [6, 6.07) is 8.08. The number of hydrogen-bond donors (Lipinski definition) is 0. The Labute approximate surface area is 82.3 Å². The molecule has 0 spiro atoms. The lowest BCUT2D eigenvalue weighted by Crippen LogP contribution is -2.26. The maximum atomic E-state index is 5.67. The lowest BCUT2D eigenvalue weighted by atomic mass is 10.1. The molecule has 0 atom stereocenters. The summed E-state index contributed by atoms with van der Waals surface area (Å²) < 4.78 is 7.65. The van der Waals surface area contributed by atoms with Crippen molar-refractivity contribution < 1.29 is 4.74 Å². The SMILES string of the molecule is CC1(C)COc2c3ccccc3nn21. The lowest BCUT2D eigenvalue weighted by molar-refractivity contribution is 0.264. The Morgan fingerprint density at radius 3 is 3.00 bits per heavy atom. The summed E-state index contributed by atoms with van der Waals surface area (Å²) in [6.45, 7) is 4.98. The second-order valence-corrected chi connectivity index (χ2v) is 4.34. The van der Waals surface area contributed by atoms with Crippen LogP contribution >= 0.6 is 0 Å². The maximum Gasteiger partial charge on any atom is 0.220 e. The van der Waals surface area contributed by atoms with Crippen LogP contribution in [0.15, 0.2) is 24.3 Å². The molecule has 2 heterocycles. The van der Waals surface area contributed by atoms with E-state index in [9.17, 15) is 0 Å². The minimum atomic E-state index is -0.0195. The molecule has 3 rings (SSSR count). The van der Waals surface area contributed by atoms with Gasteiger partial charge in [-0.25, -0.2) is 4.68 Å². The Balaban J connectivity index is 2.37. The molecule has 1 aromatic carbocycles. The van der Waals surface area contributed by atoms with Gasteiger partial charge in [-0.1, -0.05) is 12.1 Å². The molecule has 0 fully saturated rings. The number of hydrogen-bond acceptors (Lipinski definition) is 2. The topological polar surface area (TPSA) is 27.1 Å². The molecule has 2 aromatic rings. The van der Waals surface area contributed by atoms with Gasteiger partial charge in [0.15, 0.2) is 0 Å². The molecule has 3 nitrogen and oxygen atoms in total. The zero-order valence-electron chi connectivity index (χ0n) is 8.32. The van der Waals surface area contributed by atoms with Crippen LogP contribution in [0.4, 0.5) is 0 Å². The lowest BCUT2D eigenvalue weighted by Gasteiger charge is -2.14. The Morgan fingerprint density at radius 1 is 1.36 bits per heavy atom. The third-order valence-corrected chi connectivity index (χ3v) is 2.67. The average molecular weight is 188 g/mol. The van der Waals surface area contributed by atoms with Crippen LogP contribution in [0.5, 0.6) is 5.88 Å². The van der Waals surface area contributed by atoms with Crippen molar-refractivity contribution in [3.05, 3.63) is 24.3 Å². The minimum Gasteiger partial charge on any atom is -0.475 e. The first kappa shape index (κ1) is 7.85. The van der Waals surface area contributed by atoms with Crippen molar-refractivity contribution in [3.63, 3.8) is 0 Å². The molecule has 14 heavy (non-hydrogen) atoms. The van der Waals surface area contributed by atoms with Gasteiger partial charge in [-0.3, -0.25) is 0 Å². The zero-order chi connectivity index (χ0) is 9.76. The Morgan fingerprint density at radius 2 is 2.14 bits per heavy atom. The molecule has 0 amide bonds. The van der Waals surface area contributed by atoms with Crippen molar-refractivity contribution in [2.24, 2.45) is 0 Å². The van der Waals surface area contributed by atoms with Gasteiger partial charge in [0.05, 0.1) is 16.4 Å². The molecule has 1 aromatic heterocycles. The van der Waals surface area contributed by atoms with Crippen LogP contribution in [-0.4, -0.2) is 16.4 Å². The Hall–Kier alpha value is -1.51. The molecule has 72 valence electrons. The summed E-state index contributed by atoms with van der Waals surface area (Å²) in [5.74, 6) is 0.908. The van der Waals surface area contributed by atoms with E-state index >= 15 is 0 Å². The van der Waals surface area contributed by atoms with Gasteiger partial charge in [-0.05, 0) is 26.0 Å². The fraction of sp³-hybridized carbons (Fsp3) is 0.364. The first-order valence-corrected chi connectivity index (χ1v) is 4.79. The van der Waals surface area contributed by atoms with Crippen molar-refractivity contribution >= 4 is 10.9 Å². The number of aromatic nitrogens is 2. The van der Waals surface area contributed by atoms with Gasteiger partial charge in [-0.2, -0.15) is 5.10 Å². The summed E-state index contributed by atoms with van der Waals surface area (Å²) in [5, 5.41) is 5.65. The number of rotatable bonds is 0. The van der Waals surface area contributed by atoms with Crippen LogP contribution in [0.2, 0.25) is 0 Å². The molecule has 0 radical (unpaired) electrons. The van der Waals surface area contributed by atoms with Crippen molar-refractivity contribution in [2.75, 3.05) is 6.61 Å². The van der Waals surface area contributed by atoms with Crippen molar-refractivity contribution in [3.8, 4) is 5.88 Å². The normalized spacial score (nSPS) is 18.1. The number of fused-ring (bicyclic) bond motifs is 3. The van der Waals surface area contributed by atoms with E-state index in [4.69, 9.17) is 4.74 Å². The van der Waals surface area contributed by atoms with Crippen molar-refractivity contribution in [1.82, 2.24) is 9.78 Å². The summed E-state index contributed by atoms with van der Waals surface area (Å²) in [4.78, 5) is 0. The quantitative estimate of drug-likeness (QED) is 0.633. The third kappa shape index (κ3) is 0.842. The van der Waals surface area contributed by atoms with Crippen LogP contribution in [0.1, 0.15) is 13.8 Å². The van der Waals surface area contributed by atoms with Crippen LogP contribution in [0.3, 0.4) is 0 Å². The molecule has 1 aliphatic rings. The smallest absolute Gasteiger partial charge is 0.220 e. The molecule has 0 bridgehead atoms. The van der Waals surface area contributed by atoms with E-state index < -0.39 is 0 Å². The second-order valence-electron chi connectivity index (χ2n) is 4.34. The highest BCUT2D eigenvalue weighted by Gasteiger charge is 2.33. The number of nitrogens with zero attached hydrogens (tertiary/aromatic N) is 2. The number of ether oxygens (including phenoxy) is 1.